The fourth-order valence-corrected chi connectivity index (χ4v) is 2.09. The highest BCUT2D eigenvalue weighted by atomic mass is 16.1. The zero-order chi connectivity index (χ0) is 17.1. The molecule has 0 aromatic heterocycles. The zero-order valence-electron chi connectivity index (χ0n) is 15.1. The molecule has 0 fully saturated rings. The van der Waals surface area contributed by atoms with E-state index in [4.69, 9.17) is 0 Å². The summed E-state index contributed by atoms with van der Waals surface area (Å²) in [6.45, 7) is 10.4. The van der Waals surface area contributed by atoms with E-state index in [-0.39, 0.29) is 13.1 Å². The number of rotatable bonds is 14. The van der Waals surface area contributed by atoms with Gasteiger partial charge in [-0.1, -0.05) is 65.9 Å². The van der Waals surface area contributed by atoms with Crippen LogP contribution in [0.3, 0.4) is 0 Å². The van der Waals surface area contributed by atoms with Crippen LogP contribution in [-0.2, 0) is 9.59 Å². The van der Waals surface area contributed by atoms with Crippen molar-refractivity contribution in [3.8, 4) is 0 Å². The summed E-state index contributed by atoms with van der Waals surface area (Å²) in [5, 5.41) is 2.97. The third-order valence-corrected chi connectivity index (χ3v) is 3.41. The Labute approximate surface area is 139 Å². The quantitative estimate of drug-likeness (QED) is 0.343. The van der Waals surface area contributed by atoms with Gasteiger partial charge < -0.3 is 5.32 Å². The molecule has 0 unspecified atom stereocenters. The molecule has 0 rings (SSSR count). The van der Waals surface area contributed by atoms with Crippen molar-refractivity contribution in [2.75, 3.05) is 6.54 Å². The maximum atomic E-state index is 11.5. The van der Waals surface area contributed by atoms with Gasteiger partial charge in [0.2, 0.25) is 5.91 Å². The molecule has 0 saturated heterocycles. The van der Waals surface area contributed by atoms with Crippen LogP contribution in [0.4, 0.5) is 0 Å². The van der Waals surface area contributed by atoms with Crippen molar-refractivity contribution in [3.63, 3.8) is 0 Å². The summed E-state index contributed by atoms with van der Waals surface area (Å²) in [6.07, 6.45) is 12.6. The van der Waals surface area contributed by atoms with Gasteiger partial charge in [0.25, 0.3) is 0 Å². The average molecular weight is 314 g/mol. The number of ketones is 1. The van der Waals surface area contributed by atoms with Crippen molar-refractivity contribution < 1.29 is 11.0 Å². The molecular formula is C19H39NO2. The number of unbranched alkanes of at least 4 members (excludes halogenated alkanes) is 7. The topological polar surface area (TPSA) is 46.2 Å². The van der Waals surface area contributed by atoms with E-state index in [1.54, 1.807) is 0 Å². The van der Waals surface area contributed by atoms with Crippen molar-refractivity contribution in [2.45, 2.75) is 91.4 Å². The van der Waals surface area contributed by atoms with Crippen molar-refractivity contribution in [3.05, 3.63) is 12.7 Å². The lowest BCUT2D eigenvalue weighted by Gasteiger charge is -2.05. The summed E-state index contributed by atoms with van der Waals surface area (Å²) >= 11 is 0. The first kappa shape index (κ1) is 23.2. The first-order valence-electron chi connectivity index (χ1n) is 9.12. The summed E-state index contributed by atoms with van der Waals surface area (Å²) in [5.74, 6) is 0.331. The molecule has 0 spiro atoms. The van der Waals surface area contributed by atoms with Crippen LogP contribution >= 0.6 is 0 Å². The first-order valence-corrected chi connectivity index (χ1v) is 9.12. The molecule has 0 radical (unpaired) electrons. The summed E-state index contributed by atoms with van der Waals surface area (Å²) in [7, 11) is 0. The Morgan fingerprint density at radius 3 is 2.09 bits per heavy atom. The summed E-state index contributed by atoms with van der Waals surface area (Å²) in [4.78, 5) is 22.5. The lowest BCUT2D eigenvalue weighted by molar-refractivity contribution is -0.121. The zero-order valence-corrected chi connectivity index (χ0v) is 15.1. The third-order valence-electron chi connectivity index (χ3n) is 3.41. The average Bonchev–Trinajstić information content (AvgIpc) is 2.55. The van der Waals surface area contributed by atoms with Crippen molar-refractivity contribution >= 4 is 11.7 Å². The van der Waals surface area contributed by atoms with E-state index in [0.717, 1.165) is 51.5 Å². The molecule has 1 amide bonds. The fourth-order valence-electron chi connectivity index (χ4n) is 2.09. The second-order valence-electron chi connectivity index (χ2n) is 5.35. The predicted octanol–water partition coefficient (Wildman–Crippen LogP) is 5.44. The van der Waals surface area contributed by atoms with Gasteiger partial charge in [-0.25, -0.2) is 0 Å². The van der Waals surface area contributed by atoms with Crippen LogP contribution in [0.25, 0.3) is 0 Å². The van der Waals surface area contributed by atoms with E-state index >= 15 is 0 Å². The molecule has 0 aliphatic heterocycles. The third kappa shape index (κ3) is 18.9. The molecule has 3 heteroatoms. The van der Waals surface area contributed by atoms with Crippen LogP contribution in [0.5, 0.6) is 0 Å². The lowest BCUT2D eigenvalue weighted by atomic mass is 10.1. The molecule has 22 heavy (non-hydrogen) atoms. The van der Waals surface area contributed by atoms with Gasteiger partial charge in [-0.15, -0.1) is 0 Å². The number of nitrogens with one attached hydrogen (secondary N) is 1. The Balaban J connectivity index is -0.00000128. The SMILES string of the molecule is C=CC(=O)CCCCCCCNC(=O)CCCCCC.CC.[HH]. The summed E-state index contributed by atoms with van der Waals surface area (Å²) in [6, 6.07) is 0. The van der Waals surface area contributed by atoms with E-state index in [0.29, 0.717) is 12.8 Å². The molecular weight excluding hydrogens is 274 g/mol. The molecule has 132 valence electrons. The molecule has 0 aromatic rings. The van der Waals surface area contributed by atoms with E-state index < -0.39 is 0 Å². The molecule has 0 aromatic carbocycles. The Morgan fingerprint density at radius 1 is 0.909 bits per heavy atom. The predicted molar refractivity (Wildman–Crippen MR) is 98.1 cm³/mol. The van der Waals surface area contributed by atoms with Gasteiger partial charge >= 0.3 is 0 Å². The van der Waals surface area contributed by atoms with E-state index in [9.17, 15) is 9.59 Å². The smallest absolute Gasteiger partial charge is 0.219 e. The Bertz CT molecular complexity index is 281. The molecule has 3 nitrogen and oxygen atoms in total. The standard InChI is InChI=1S/C17H31NO2.C2H6.H2/c1-3-5-6-11-14-17(20)18-15-12-9-7-8-10-13-16(19)4-2;1-2;/h4H,2-3,5-15H2,1H3,(H,18,20);1-2H3;1H. The highest BCUT2D eigenvalue weighted by Gasteiger charge is 2.00. The number of hydrogen-bond acceptors (Lipinski definition) is 2. The van der Waals surface area contributed by atoms with Crippen LogP contribution in [0.1, 0.15) is 92.8 Å². The maximum absolute atomic E-state index is 11.5. The number of carbonyl (C=O) groups excluding carboxylic acids is 2. The highest BCUT2D eigenvalue weighted by Crippen LogP contribution is 2.06. The van der Waals surface area contributed by atoms with Crippen LogP contribution in [-0.4, -0.2) is 18.2 Å². The number of carbonyl (C=O) groups is 2. The van der Waals surface area contributed by atoms with Gasteiger partial charge in [-0.2, -0.15) is 0 Å². The van der Waals surface area contributed by atoms with Gasteiger partial charge in [0, 0.05) is 20.8 Å². The lowest BCUT2D eigenvalue weighted by Crippen LogP contribution is -2.23. The molecule has 0 heterocycles. The van der Waals surface area contributed by atoms with Crippen LogP contribution < -0.4 is 5.32 Å². The second kappa shape index (κ2) is 19.9. The van der Waals surface area contributed by atoms with Crippen LogP contribution in [0.15, 0.2) is 12.7 Å². The van der Waals surface area contributed by atoms with Gasteiger partial charge in [-0.05, 0) is 25.3 Å². The monoisotopic (exact) mass is 313 g/mol. The van der Waals surface area contributed by atoms with Gasteiger partial charge in [0.05, 0.1) is 0 Å². The molecule has 0 bridgehead atoms. The first-order chi connectivity index (χ1) is 10.7. The minimum absolute atomic E-state index is 0. The second-order valence-corrected chi connectivity index (χ2v) is 5.35. The molecule has 1 N–H and O–H groups in total. The van der Waals surface area contributed by atoms with Gasteiger partial charge in [0.1, 0.15) is 0 Å². The summed E-state index contributed by atoms with van der Waals surface area (Å²) < 4.78 is 0. The maximum Gasteiger partial charge on any atom is 0.219 e. The van der Waals surface area contributed by atoms with E-state index in [1.807, 2.05) is 13.8 Å². The van der Waals surface area contributed by atoms with Crippen molar-refractivity contribution in [1.82, 2.24) is 5.32 Å². The van der Waals surface area contributed by atoms with Gasteiger partial charge in [0.15, 0.2) is 5.78 Å². The molecule has 0 saturated carbocycles. The molecule has 0 aliphatic rings. The van der Waals surface area contributed by atoms with E-state index in [1.165, 1.54) is 18.9 Å². The van der Waals surface area contributed by atoms with Crippen molar-refractivity contribution in [1.29, 1.82) is 0 Å². The number of hydrogen-bond donors (Lipinski definition) is 1. The largest absolute Gasteiger partial charge is 0.356 e. The minimum Gasteiger partial charge on any atom is -0.356 e. The molecule has 0 atom stereocenters. The normalized spacial score (nSPS) is 9.59. The van der Waals surface area contributed by atoms with Crippen LogP contribution in [0, 0.1) is 0 Å². The number of amides is 1. The number of allylic oxidation sites excluding steroid dienone is 1. The molecule has 0 aliphatic carbocycles. The van der Waals surface area contributed by atoms with Gasteiger partial charge in [-0.3, -0.25) is 9.59 Å². The van der Waals surface area contributed by atoms with Crippen LogP contribution in [0.2, 0.25) is 0 Å². The van der Waals surface area contributed by atoms with E-state index in [2.05, 4.69) is 18.8 Å². The Hall–Kier alpha value is -1.12. The Morgan fingerprint density at radius 2 is 1.45 bits per heavy atom. The minimum atomic E-state index is 0. The highest BCUT2D eigenvalue weighted by molar-refractivity contribution is 5.88. The summed E-state index contributed by atoms with van der Waals surface area (Å²) in [5.41, 5.74) is 0. The Kier molecular flexibility index (Phi) is 20.9. The fraction of sp³-hybridized carbons (Fsp3) is 0.789. The van der Waals surface area contributed by atoms with Crippen molar-refractivity contribution in [2.24, 2.45) is 0 Å².